The maximum absolute atomic E-state index is 12.9. The minimum absolute atomic E-state index is 0.0851. The van der Waals surface area contributed by atoms with E-state index in [1.807, 2.05) is 12.1 Å². The van der Waals surface area contributed by atoms with E-state index in [0.717, 1.165) is 13.1 Å². The van der Waals surface area contributed by atoms with Crippen LogP contribution in [0.4, 0.5) is 0 Å². The highest BCUT2D eigenvalue weighted by molar-refractivity contribution is 6.46. The van der Waals surface area contributed by atoms with E-state index in [-0.39, 0.29) is 11.3 Å². The molecule has 1 aromatic heterocycles. The number of ketones is 1. The molecule has 7 heteroatoms. The van der Waals surface area contributed by atoms with Gasteiger partial charge < -0.3 is 14.7 Å². The van der Waals surface area contributed by atoms with Gasteiger partial charge in [0, 0.05) is 37.9 Å². The Morgan fingerprint density at radius 1 is 1.03 bits per heavy atom. The van der Waals surface area contributed by atoms with Gasteiger partial charge in [0.25, 0.3) is 11.7 Å². The van der Waals surface area contributed by atoms with Crippen molar-refractivity contribution in [1.82, 2.24) is 14.8 Å². The number of aromatic nitrogens is 1. The number of carbonyl (C=O) groups is 2. The lowest BCUT2D eigenvalue weighted by atomic mass is 9.98. The number of hydrogen-bond donors (Lipinski definition) is 1. The molecule has 2 aliphatic heterocycles. The second-order valence-corrected chi connectivity index (χ2v) is 7.07. The summed E-state index contributed by atoms with van der Waals surface area (Å²) in [4.78, 5) is 33.9. The molecule has 0 saturated carbocycles. The van der Waals surface area contributed by atoms with E-state index in [0.29, 0.717) is 37.6 Å². The van der Waals surface area contributed by atoms with Crippen molar-refractivity contribution >= 4 is 17.4 Å². The molecule has 29 heavy (non-hydrogen) atoms. The monoisotopic (exact) mass is 393 g/mol. The van der Waals surface area contributed by atoms with Crippen LogP contribution in [0.2, 0.25) is 0 Å². The molecule has 0 bridgehead atoms. The number of hydrogen-bond acceptors (Lipinski definition) is 6. The van der Waals surface area contributed by atoms with Crippen molar-refractivity contribution in [2.75, 3.05) is 39.4 Å². The summed E-state index contributed by atoms with van der Waals surface area (Å²) in [7, 11) is 0. The van der Waals surface area contributed by atoms with Crippen molar-refractivity contribution in [2.24, 2.45) is 0 Å². The Hall–Kier alpha value is -3.03. The van der Waals surface area contributed by atoms with Crippen LogP contribution < -0.4 is 0 Å². The molecule has 2 aliphatic rings. The third kappa shape index (κ3) is 3.92. The van der Waals surface area contributed by atoms with Gasteiger partial charge in [-0.15, -0.1) is 0 Å². The molecule has 1 unspecified atom stereocenters. The van der Waals surface area contributed by atoms with Crippen LogP contribution in [0, 0.1) is 0 Å². The summed E-state index contributed by atoms with van der Waals surface area (Å²) in [6, 6.07) is 13.5. The van der Waals surface area contributed by atoms with Gasteiger partial charge >= 0.3 is 0 Å². The van der Waals surface area contributed by atoms with Crippen LogP contribution in [-0.2, 0) is 14.3 Å². The number of Topliss-reactive ketones (excluding diaryl/α,β-unsaturated/α-hetero) is 1. The van der Waals surface area contributed by atoms with E-state index in [1.165, 1.54) is 4.90 Å². The average molecular weight is 393 g/mol. The van der Waals surface area contributed by atoms with Crippen molar-refractivity contribution in [2.45, 2.75) is 6.04 Å². The van der Waals surface area contributed by atoms with Gasteiger partial charge in [-0.2, -0.15) is 0 Å². The summed E-state index contributed by atoms with van der Waals surface area (Å²) >= 11 is 0. The molecule has 0 spiro atoms. The van der Waals surface area contributed by atoms with Crippen molar-refractivity contribution in [3.8, 4) is 0 Å². The van der Waals surface area contributed by atoms with Crippen LogP contribution in [0.5, 0.6) is 0 Å². The molecular weight excluding hydrogens is 370 g/mol. The zero-order chi connectivity index (χ0) is 20.2. The van der Waals surface area contributed by atoms with Crippen LogP contribution in [0.15, 0.2) is 60.3 Å². The lowest BCUT2D eigenvalue weighted by Gasteiger charge is -2.30. The predicted molar refractivity (Wildman–Crippen MR) is 107 cm³/mol. The number of likely N-dealkylation sites (tertiary alicyclic amines) is 1. The summed E-state index contributed by atoms with van der Waals surface area (Å²) in [6.45, 7) is 3.92. The molecule has 0 aliphatic carbocycles. The van der Waals surface area contributed by atoms with E-state index in [1.54, 1.807) is 42.6 Å². The minimum atomic E-state index is -0.711. The topological polar surface area (TPSA) is 83.0 Å². The molecule has 0 radical (unpaired) electrons. The first-order chi connectivity index (χ1) is 14.2. The second kappa shape index (κ2) is 8.55. The zero-order valence-corrected chi connectivity index (χ0v) is 16.0. The molecule has 1 amide bonds. The molecule has 2 fully saturated rings. The molecule has 2 saturated heterocycles. The number of morpholine rings is 1. The third-order valence-electron chi connectivity index (χ3n) is 5.32. The summed E-state index contributed by atoms with van der Waals surface area (Å²) in [6.07, 6.45) is 1.62. The lowest BCUT2D eigenvalue weighted by Crippen LogP contribution is -2.42. The third-order valence-corrected chi connectivity index (χ3v) is 5.32. The largest absolute Gasteiger partial charge is 0.507 e. The second-order valence-electron chi connectivity index (χ2n) is 7.07. The molecule has 2 aromatic rings. The van der Waals surface area contributed by atoms with Gasteiger partial charge in [-0.1, -0.05) is 36.4 Å². The van der Waals surface area contributed by atoms with Gasteiger partial charge in [-0.25, -0.2) is 0 Å². The first-order valence-electron chi connectivity index (χ1n) is 9.71. The van der Waals surface area contributed by atoms with Crippen LogP contribution >= 0.6 is 0 Å². The molecule has 7 nitrogen and oxygen atoms in total. The van der Waals surface area contributed by atoms with E-state index < -0.39 is 17.7 Å². The van der Waals surface area contributed by atoms with Crippen molar-refractivity contribution in [3.05, 3.63) is 71.6 Å². The SMILES string of the molecule is O=C1C(=O)N(CCN2CCOCC2)C(c2ccccn2)C1=C(O)c1ccccc1. The van der Waals surface area contributed by atoms with Crippen molar-refractivity contribution in [3.63, 3.8) is 0 Å². The van der Waals surface area contributed by atoms with Gasteiger partial charge in [0.2, 0.25) is 0 Å². The Labute approximate surface area is 169 Å². The van der Waals surface area contributed by atoms with Crippen LogP contribution in [0.25, 0.3) is 5.76 Å². The maximum Gasteiger partial charge on any atom is 0.295 e. The number of ether oxygens (including phenoxy) is 1. The smallest absolute Gasteiger partial charge is 0.295 e. The van der Waals surface area contributed by atoms with E-state index in [4.69, 9.17) is 4.74 Å². The summed E-state index contributed by atoms with van der Waals surface area (Å²) in [5.74, 6) is -1.45. The molecule has 1 N–H and O–H groups in total. The Balaban J connectivity index is 1.70. The molecule has 150 valence electrons. The van der Waals surface area contributed by atoms with Crippen LogP contribution in [0.1, 0.15) is 17.3 Å². The molecule has 4 rings (SSSR count). The number of carbonyl (C=O) groups excluding carboxylic acids is 2. The highest BCUT2D eigenvalue weighted by atomic mass is 16.5. The highest BCUT2D eigenvalue weighted by Crippen LogP contribution is 2.38. The number of amides is 1. The fourth-order valence-electron chi connectivity index (χ4n) is 3.78. The van der Waals surface area contributed by atoms with E-state index >= 15 is 0 Å². The Morgan fingerprint density at radius 2 is 1.76 bits per heavy atom. The predicted octanol–water partition coefficient (Wildman–Crippen LogP) is 1.84. The van der Waals surface area contributed by atoms with E-state index in [9.17, 15) is 14.7 Å². The number of rotatable bonds is 5. The standard InChI is InChI=1S/C22H23N3O4/c26-20(16-6-2-1-3-7-16)18-19(17-8-4-5-9-23-17)25(22(28)21(18)27)11-10-24-12-14-29-15-13-24/h1-9,19,26H,10-15H2. The van der Waals surface area contributed by atoms with Gasteiger partial charge in [-0.05, 0) is 12.1 Å². The number of nitrogens with zero attached hydrogens (tertiary/aromatic N) is 3. The first kappa shape index (κ1) is 19.3. The minimum Gasteiger partial charge on any atom is -0.507 e. The summed E-state index contributed by atoms with van der Waals surface area (Å²) < 4.78 is 5.37. The summed E-state index contributed by atoms with van der Waals surface area (Å²) in [5.41, 5.74) is 1.15. The fourth-order valence-corrected chi connectivity index (χ4v) is 3.78. The van der Waals surface area contributed by atoms with Crippen molar-refractivity contribution in [1.29, 1.82) is 0 Å². The first-order valence-corrected chi connectivity index (χ1v) is 9.71. The van der Waals surface area contributed by atoms with Crippen LogP contribution in [-0.4, -0.2) is 71.0 Å². The van der Waals surface area contributed by atoms with Gasteiger partial charge in [0.15, 0.2) is 0 Å². The molecule has 1 atom stereocenters. The molecule has 1 aromatic carbocycles. The summed E-state index contributed by atoms with van der Waals surface area (Å²) in [5, 5.41) is 10.9. The Kier molecular flexibility index (Phi) is 5.69. The quantitative estimate of drug-likeness (QED) is 0.474. The number of aliphatic hydroxyl groups excluding tert-OH is 1. The Bertz CT molecular complexity index is 908. The molecular formula is C22H23N3O4. The van der Waals surface area contributed by atoms with E-state index in [2.05, 4.69) is 9.88 Å². The van der Waals surface area contributed by atoms with Gasteiger partial charge in [-0.3, -0.25) is 19.5 Å². The lowest BCUT2D eigenvalue weighted by molar-refractivity contribution is -0.140. The number of aliphatic hydroxyl groups is 1. The normalized spacial score (nSPS) is 22.2. The Morgan fingerprint density at radius 3 is 2.45 bits per heavy atom. The van der Waals surface area contributed by atoms with Gasteiger partial charge in [0.1, 0.15) is 11.8 Å². The average Bonchev–Trinajstić information content (AvgIpc) is 3.04. The van der Waals surface area contributed by atoms with Gasteiger partial charge in [0.05, 0.1) is 24.5 Å². The fraction of sp³-hybridized carbons (Fsp3) is 0.318. The number of benzene rings is 1. The van der Waals surface area contributed by atoms with Crippen molar-refractivity contribution < 1.29 is 19.4 Å². The maximum atomic E-state index is 12.9. The molecule has 3 heterocycles. The zero-order valence-electron chi connectivity index (χ0n) is 16.0. The highest BCUT2D eigenvalue weighted by Gasteiger charge is 2.46. The van der Waals surface area contributed by atoms with Crippen LogP contribution in [0.3, 0.4) is 0 Å². The number of pyridine rings is 1.